The van der Waals surface area contributed by atoms with Gasteiger partial charge in [-0.15, -0.1) is 0 Å². The van der Waals surface area contributed by atoms with E-state index < -0.39 is 0 Å². The minimum absolute atomic E-state index is 0.320. The van der Waals surface area contributed by atoms with E-state index in [1.165, 1.54) is 11.1 Å². The second-order valence-electron chi connectivity index (χ2n) is 4.45. The molecule has 1 rings (SSSR count). The average molecular weight is 226 g/mol. The van der Waals surface area contributed by atoms with Crippen molar-refractivity contribution in [2.24, 2.45) is 11.7 Å². The molecule has 1 heterocycles. The molecule has 15 heavy (non-hydrogen) atoms. The van der Waals surface area contributed by atoms with Gasteiger partial charge in [0, 0.05) is 12.6 Å². The van der Waals surface area contributed by atoms with E-state index in [0.717, 1.165) is 19.5 Å². The molecule has 0 saturated carbocycles. The van der Waals surface area contributed by atoms with Gasteiger partial charge in [-0.05, 0) is 47.7 Å². The maximum atomic E-state index is 5.97. The van der Waals surface area contributed by atoms with E-state index >= 15 is 0 Å². The van der Waals surface area contributed by atoms with Crippen LogP contribution in [0.5, 0.6) is 0 Å². The molecule has 0 spiro atoms. The first kappa shape index (κ1) is 12.7. The van der Waals surface area contributed by atoms with Gasteiger partial charge in [0.2, 0.25) is 0 Å². The topological polar surface area (TPSA) is 38.0 Å². The van der Waals surface area contributed by atoms with Crippen LogP contribution in [-0.2, 0) is 6.54 Å². The van der Waals surface area contributed by atoms with E-state index in [9.17, 15) is 0 Å². The Hall–Kier alpha value is -0.380. The van der Waals surface area contributed by atoms with Crippen molar-refractivity contribution in [1.29, 1.82) is 0 Å². The third kappa shape index (κ3) is 4.33. The number of thiophene rings is 1. The summed E-state index contributed by atoms with van der Waals surface area (Å²) < 4.78 is 0. The summed E-state index contributed by atoms with van der Waals surface area (Å²) in [5.74, 6) is 0.578. The van der Waals surface area contributed by atoms with Crippen molar-refractivity contribution < 1.29 is 0 Å². The van der Waals surface area contributed by atoms with Gasteiger partial charge >= 0.3 is 0 Å². The third-order valence-corrected chi connectivity index (χ3v) is 3.70. The van der Waals surface area contributed by atoms with Crippen LogP contribution in [0.15, 0.2) is 10.8 Å². The first-order valence-electron chi connectivity index (χ1n) is 5.59. The third-order valence-electron chi connectivity index (χ3n) is 2.79. The Morgan fingerprint density at radius 1 is 1.40 bits per heavy atom. The minimum atomic E-state index is 0.320. The Kier molecular flexibility index (Phi) is 5.29. The maximum Gasteiger partial charge on any atom is 0.0216 e. The predicted octanol–water partition coefficient (Wildman–Crippen LogP) is 2.52. The average Bonchev–Trinajstić information content (AvgIpc) is 2.58. The summed E-state index contributed by atoms with van der Waals surface area (Å²) in [5, 5.41) is 7.85. The molecule has 0 saturated heterocycles. The molecular formula is C12H22N2S. The highest BCUT2D eigenvalue weighted by Crippen LogP contribution is 2.13. The number of rotatable bonds is 6. The monoisotopic (exact) mass is 226 g/mol. The summed E-state index contributed by atoms with van der Waals surface area (Å²) in [6.07, 6.45) is 1.06. The Morgan fingerprint density at radius 2 is 2.13 bits per heavy atom. The van der Waals surface area contributed by atoms with E-state index in [-0.39, 0.29) is 0 Å². The molecule has 0 aliphatic heterocycles. The number of hydrogen-bond donors (Lipinski definition) is 2. The zero-order valence-corrected chi connectivity index (χ0v) is 10.7. The van der Waals surface area contributed by atoms with Crippen molar-refractivity contribution >= 4 is 11.3 Å². The van der Waals surface area contributed by atoms with Crippen LogP contribution >= 0.6 is 11.3 Å². The number of hydrogen-bond acceptors (Lipinski definition) is 3. The molecule has 0 bridgehead atoms. The van der Waals surface area contributed by atoms with Crippen LogP contribution in [0.25, 0.3) is 0 Å². The Labute approximate surface area is 96.9 Å². The zero-order valence-electron chi connectivity index (χ0n) is 9.92. The molecule has 1 unspecified atom stereocenters. The van der Waals surface area contributed by atoms with Gasteiger partial charge in [0.05, 0.1) is 0 Å². The van der Waals surface area contributed by atoms with Gasteiger partial charge in [-0.25, -0.2) is 0 Å². The fourth-order valence-corrected chi connectivity index (χ4v) is 2.25. The van der Waals surface area contributed by atoms with Crippen molar-refractivity contribution in [3.8, 4) is 0 Å². The summed E-state index contributed by atoms with van der Waals surface area (Å²) >= 11 is 1.77. The van der Waals surface area contributed by atoms with Crippen molar-refractivity contribution in [1.82, 2.24) is 5.32 Å². The van der Waals surface area contributed by atoms with Crippen LogP contribution < -0.4 is 11.1 Å². The fourth-order valence-electron chi connectivity index (χ4n) is 1.39. The van der Waals surface area contributed by atoms with Gasteiger partial charge in [0.15, 0.2) is 0 Å². The lowest BCUT2D eigenvalue weighted by molar-refractivity contribution is 0.449. The Balaban J connectivity index is 2.15. The SMILES string of the molecule is Cc1cscc1CNCCC(N)C(C)C. The van der Waals surface area contributed by atoms with Gasteiger partial charge in [0.1, 0.15) is 0 Å². The lowest BCUT2D eigenvalue weighted by atomic mass is 10.0. The molecule has 0 radical (unpaired) electrons. The molecule has 86 valence electrons. The van der Waals surface area contributed by atoms with E-state index in [1.807, 2.05) is 0 Å². The zero-order chi connectivity index (χ0) is 11.3. The minimum Gasteiger partial charge on any atom is -0.327 e. The summed E-state index contributed by atoms with van der Waals surface area (Å²) in [5.41, 5.74) is 8.77. The highest BCUT2D eigenvalue weighted by atomic mass is 32.1. The summed E-state index contributed by atoms with van der Waals surface area (Å²) in [7, 11) is 0. The summed E-state index contributed by atoms with van der Waals surface area (Å²) in [6.45, 7) is 8.49. The number of nitrogens with two attached hydrogens (primary N) is 1. The van der Waals surface area contributed by atoms with Crippen molar-refractivity contribution in [2.75, 3.05) is 6.54 Å². The molecule has 1 aromatic heterocycles. The standard InChI is InChI=1S/C12H22N2S/c1-9(2)12(13)4-5-14-6-11-8-15-7-10(11)3/h7-9,12,14H,4-6,13H2,1-3H3. The molecule has 3 heteroatoms. The molecule has 0 aliphatic rings. The first-order chi connectivity index (χ1) is 7.11. The predicted molar refractivity (Wildman–Crippen MR) is 68.2 cm³/mol. The van der Waals surface area contributed by atoms with Crippen molar-refractivity contribution in [3.05, 3.63) is 21.9 Å². The van der Waals surface area contributed by atoms with E-state index in [1.54, 1.807) is 11.3 Å². The van der Waals surface area contributed by atoms with Crippen LogP contribution in [0.3, 0.4) is 0 Å². The van der Waals surface area contributed by atoms with Crippen LogP contribution in [0.2, 0.25) is 0 Å². The molecule has 3 N–H and O–H groups in total. The van der Waals surface area contributed by atoms with Crippen LogP contribution in [0.4, 0.5) is 0 Å². The quantitative estimate of drug-likeness (QED) is 0.732. The molecule has 0 amide bonds. The molecular weight excluding hydrogens is 204 g/mol. The number of nitrogens with one attached hydrogen (secondary N) is 1. The van der Waals surface area contributed by atoms with Crippen molar-refractivity contribution in [2.45, 2.75) is 39.8 Å². The van der Waals surface area contributed by atoms with E-state index in [2.05, 4.69) is 36.8 Å². The number of aryl methyl sites for hydroxylation is 1. The molecule has 0 aliphatic carbocycles. The lowest BCUT2D eigenvalue weighted by Gasteiger charge is -2.15. The van der Waals surface area contributed by atoms with E-state index in [4.69, 9.17) is 5.73 Å². The second kappa shape index (κ2) is 6.26. The summed E-state index contributed by atoms with van der Waals surface area (Å²) in [6, 6.07) is 0.320. The van der Waals surface area contributed by atoms with Gasteiger partial charge < -0.3 is 11.1 Å². The lowest BCUT2D eigenvalue weighted by Crippen LogP contribution is -2.30. The van der Waals surface area contributed by atoms with Crippen LogP contribution in [-0.4, -0.2) is 12.6 Å². The molecule has 1 aromatic rings. The Bertz CT molecular complexity index is 281. The van der Waals surface area contributed by atoms with Gasteiger partial charge in [-0.1, -0.05) is 13.8 Å². The van der Waals surface area contributed by atoms with Crippen LogP contribution in [0, 0.1) is 12.8 Å². The largest absolute Gasteiger partial charge is 0.327 e. The maximum absolute atomic E-state index is 5.97. The summed E-state index contributed by atoms with van der Waals surface area (Å²) in [4.78, 5) is 0. The molecule has 0 fully saturated rings. The Morgan fingerprint density at radius 3 is 2.67 bits per heavy atom. The normalized spacial score (nSPS) is 13.4. The molecule has 0 aromatic carbocycles. The van der Waals surface area contributed by atoms with Gasteiger partial charge in [0.25, 0.3) is 0 Å². The highest BCUT2D eigenvalue weighted by molar-refractivity contribution is 7.08. The van der Waals surface area contributed by atoms with Gasteiger partial charge in [-0.2, -0.15) is 11.3 Å². The van der Waals surface area contributed by atoms with E-state index in [0.29, 0.717) is 12.0 Å². The van der Waals surface area contributed by atoms with Crippen molar-refractivity contribution in [3.63, 3.8) is 0 Å². The fraction of sp³-hybridized carbons (Fsp3) is 0.667. The highest BCUT2D eigenvalue weighted by Gasteiger charge is 2.06. The smallest absolute Gasteiger partial charge is 0.0216 e. The second-order valence-corrected chi connectivity index (χ2v) is 5.20. The molecule has 1 atom stereocenters. The van der Waals surface area contributed by atoms with Gasteiger partial charge in [-0.3, -0.25) is 0 Å². The first-order valence-corrected chi connectivity index (χ1v) is 6.53. The molecule has 2 nitrogen and oxygen atoms in total. The van der Waals surface area contributed by atoms with Crippen LogP contribution in [0.1, 0.15) is 31.4 Å².